The van der Waals surface area contributed by atoms with E-state index in [-0.39, 0.29) is 11.4 Å². The van der Waals surface area contributed by atoms with Crippen LogP contribution in [-0.4, -0.2) is 21.0 Å². The standard InChI is InChI=1S/C19H15N5O5/c25-23(26)16-5-1-15(2-6-16)13-29-18-8-3-14(4-9-18)11-21-22-19-10-7-17(12-20-19)24(27)28/h1-12H,13H2,(H,20,22)/b21-11-. The van der Waals surface area contributed by atoms with Crippen molar-refractivity contribution < 1.29 is 14.6 Å². The molecule has 2 aromatic carbocycles. The van der Waals surface area contributed by atoms with Crippen molar-refractivity contribution in [2.75, 3.05) is 5.43 Å². The minimum atomic E-state index is -0.523. The van der Waals surface area contributed by atoms with Crippen molar-refractivity contribution >= 4 is 23.4 Å². The molecule has 0 saturated carbocycles. The van der Waals surface area contributed by atoms with Crippen LogP contribution in [0.3, 0.4) is 0 Å². The van der Waals surface area contributed by atoms with Crippen LogP contribution < -0.4 is 10.2 Å². The van der Waals surface area contributed by atoms with Gasteiger partial charge in [0.2, 0.25) is 0 Å². The van der Waals surface area contributed by atoms with E-state index >= 15 is 0 Å². The Labute approximate surface area is 164 Å². The molecule has 3 aromatic rings. The molecule has 29 heavy (non-hydrogen) atoms. The van der Waals surface area contributed by atoms with Crippen LogP contribution >= 0.6 is 0 Å². The molecule has 0 atom stereocenters. The Balaban J connectivity index is 1.51. The van der Waals surface area contributed by atoms with Crippen LogP contribution in [0, 0.1) is 20.2 Å². The van der Waals surface area contributed by atoms with Crippen LogP contribution in [0.5, 0.6) is 5.75 Å². The zero-order valence-corrected chi connectivity index (χ0v) is 15.0. The second-order valence-corrected chi connectivity index (χ2v) is 5.81. The van der Waals surface area contributed by atoms with Gasteiger partial charge >= 0.3 is 0 Å². The predicted molar refractivity (Wildman–Crippen MR) is 106 cm³/mol. The fourth-order valence-corrected chi connectivity index (χ4v) is 2.26. The summed E-state index contributed by atoms with van der Waals surface area (Å²) in [5, 5.41) is 25.3. The SMILES string of the molecule is O=[N+]([O-])c1ccc(COc2ccc(/C=N\Nc3ccc([N+](=O)[O-])cn3)cc2)cc1. The minimum Gasteiger partial charge on any atom is -0.489 e. The number of hydrazone groups is 1. The first kappa shape index (κ1) is 19.4. The number of pyridine rings is 1. The molecule has 146 valence electrons. The van der Waals surface area contributed by atoms with E-state index in [1.165, 1.54) is 24.3 Å². The summed E-state index contributed by atoms with van der Waals surface area (Å²) in [6, 6.07) is 16.1. The lowest BCUT2D eigenvalue weighted by molar-refractivity contribution is -0.385. The van der Waals surface area contributed by atoms with Crippen molar-refractivity contribution in [2.24, 2.45) is 5.10 Å². The fraction of sp³-hybridized carbons (Fsp3) is 0.0526. The van der Waals surface area contributed by atoms with E-state index < -0.39 is 9.85 Å². The number of anilines is 1. The summed E-state index contributed by atoms with van der Waals surface area (Å²) in [6.07, 6.45) is 2.72. The van der Waals surface area contributed by atoms with E-state index in [1.54, 1.807) is 42.6 Å². The highest BCUT2D eigenvalue weighted by Crippen LogP contribution is 2.16. The highest BCUT2D eigenvalue weighted by molar-refractivity contribution is 5.80. The Morgan fingerprint density at radius 2 is 1.59 bits per heavy atom. The second kappa shape index (κ2) is 9.04. The number of benzene rings is 2. The van der Waals surface area contributed by atoms with Gasteiger partial charge in [0.05, 0.1) is 16.1 Å². The van der Waals surface area contributed by atoms with Gasteiger partial charge < -0.3 is 4.74 Å². The molecule has 10 nitrogen and oxygen atoms in total. The summed E-state index contributed by atoms with van der Waals surface area (Å²) in [5.41, 5.74) is 4.26. The highest BCUT2D eigenvalue weighted by atomic mass is 16.6. The summed E-state index contributed by atoms with van der Waals surface area (Å²) < 4.78 is 5.66. The number of non-ortho nitro benzene ring substituents is 1. The molecular weight excluding hydrogens is 378 g/mol. The molecule has 0 saturated heterocycles. The number of nitro groups is 2. The molecule has 10 heteroatoms. The smallest absolute Gasteiger partial charge is 0.287 e. The molecule has 0 aliphatic rings. The van der Waals surface area contributed by atoms with Crippen molar-refractivity contribution in [3.8, 4) is 5.75 Å². The first-order valence-corrected chi connectivity index (χ1v) is 8.37. The van der Waals surface area contributed by atoms with Crippen molar-refractivity contribution in [3.63, 3.8) is 0 Å². The van der Waals surface area contributed by atoms with Gasteiger partial charge in [-0.15, -0.1) is 0 Å². The maximum absolute atomic E-state index is 10.6. The molecule has 0 amide bonds. The lowest BCUT2D eigenvalue weighted by Crippen LogP contribution is -1.97. The largest absolute Gasteiger partial charge is 0.489 e. The molecule has 1 aromatic heterocycles. The van der Waals surface area contributed by atoms with Crippen LogP contribution in [0.15, 0.2) is 72.0 Å². The monoisotopic (exact) mass is 393 g/mol. The number of rotatable bonds is 8. The van der Waals surface area contributed by atoms with Crippen LogP contribution in [0.1, 0.15) is 11.1 Å². The third kappa shape index (κ3) is 5.57. The van der Waals surface area contributed by atoms with Gasteiger partial charge in [-0.2, -0.15) is 5.10 Å². The van der Waals surface area contributed by atoms with E-state index in [9.17, 15) is 20.2 Å². The Bertz CT molecular complexity index is 1020. The summed E-state index contributed by atoms with van der Waals surface area (Å²) >= 11 is 0. The van der Waals surface area contributed by atoms with Gasteiger partial charge in [0.15, 0.2) is 0 Å². The number of nitro benzene ring substituents is 1. The van der Waals surface area contributed by atoms with Gasteiger partial charge in [-0.25, -0.2) is 4.98 Å². The van der Waals surface area contributed by atoms with E-state index in [1.807, 2.05) is 0 Å². The number of nitrogens with one attached hydrogen (secondary N) is 1. The Kier molecular flexibility index (Phi) is 6.05. The molecule has 3 rings (SSSR count). The molecule has 0 bridgehead atoms. The van der Waals surface area contributed by atoms with Gasteiger partial charge in [0.25, 0.3) is 11.4 Å². The summed E-state index contributed by atoms with van der Waals surface area (Å²) in [4.78, 5) is 24.2. The third-order valence-electron chi connectivity index (χ3n) is 3.78. The summed E-state index contributed by atoms with van der Waals surface area (Å²) in [6.45, 7) is 0.290. The molecule has 0 fully saturated rings. The number of ether oxygens (including phenoxy) is 1. The van der Waals surface area contributed by atoms with Gasteiger partial charge in [-0.05, 0) is 53.6 Å². The lowest BCUT2D eigenvalue weighted by Gasteiger charge is -2.06. The van der Waals surface area contributed by atoms with Gasteiger partial charge in [0, 0.05) is 18.2 Å². The molecule has 1 heterocycles. The Morgan fingerprint density at radius 3 is 2.17 bits per heavy atom. The third-order valence-corrected chi connectivity index (χ3v) is 3.78. The predicted octanol–water partition coefficient (Wildman–Crippen LogP) is 3.92. The van der Waals surface area contributed by atoms with Crippen molar-refractivity contribution in [2.45, 2.75) is 6.61 Å². The number of hydrogen-bond acceptors (Lipinski definition) is 8. The molecule has 1 N–H and O–H groups in total. The zero-order chi connectivity index (χ0) is 20.6. The summed E-state index contributed by atoms with van der Waals surface area (Å²) in [7, 11) is 0. The van der Waals surface area contributed by atoms with Crippen LogP contribution in [-0.2, 0) is 6.61 Å². The molecular formula is C19H15N5O5. The first-order valence-electron chi connectivity index (χ1n) is 8.37. The van der Waals surface area contributed by atoms with Gasteiger partial charge in [-0.3, -0.25) is 25.7 Å². The lowest BCUT2D eigenvalue weighted by atomic mass is 10.2. The summed E-state index contributed by atoms with van der Waals surface area (Å²) in [5.74, 6) is 1.03. The van der Waals surface area contributed by atoms with Crippen LogP contribution in [0.2, 0.25) is 0 Å². The average molecular weight is 393 g/mol. The number of nitrogens with zero attached hydrogens (tertiary/aromatic N) is 4. The van der Waals surface area contributed by atoms with Crippen LogP contribution in [0.4, 0.5) is 17.2 Å². The van der Waals surface area contributed by atoms with Gasteiger partial charge in [0.1, 0.15) is 24.4 Å². The van der Waals surface area contributed by atoms with E-state index in [4.69, 9.17) is 4.74 Å². The Hall–Kier alpha value is -4.34. The maximum atomic E-state index is 10.6. The number of aromatic nitrogens is 1. The molecule has 0 radical (unpaired) electrons. The van der Waals surface area contributed by atoms with Crippen molar-refractivity contribution in [3.05, 3.63) is 98.2 Å². The molecule has 0 aliphatic carbocycles. The van der Waals surface area contributed by atoms with Crippen LogP contribution in [0.25, 0.3) is 0 Å². The molecule has 0 spiro atoms. The number of hydrogen-bond donors (Lipinski definition) is 1. The van der Waals surface area contributed by atoms with E-state index in [0.717, 1.165) is 17.3 Å². The van der Waals surface area contributed by atoms with Crippen molar-refractivity contribution in [1.82, 2.24) is 4.98 Å². The maximum Gasteiger partial charge on any atom is 0.287 e. The minimum absolute atomic E-state index is 0.0370. The van der Waals surface area contributed by atoms with E-state index in [0.29, 0.717) is 18.2 Å². The second-order valence-electron chi connectivity index (χ2n) is 5.81. The van der Waals surface area contributed by atoms with Crippen molar-refractivity contribution in [1.29, 1.82) is 0 Å². The molecule has 0 aliphatic heterocycles. The molecule has 0 unspecified atom stereocenters. The highest BCUT2D eigenvalue weighted by Gasteiger charge is 2.05. The first-order chi connectivity index (χ1) is 14.0. The fourth-order valence-electron chi connectivity index (χ4n) is 2.26. The Morgan fingerprint density at radius 1 is 0.931 bits per heavy atom. The van der Waals surface area contributed by atoms with Gasteiger partial charge in [-0.1, -0.05) is 0 Å². The van der Waals surface area contributed by atoms with E-state index in [2.05, 4.69) is 15.5 Å². The topological polar surface area (TPSA) is 133 Å². The normalized spacial score (nSPS) is 10.6. The zero-order valence-electron chi connectivity index (χ0n) is 15.0. The quantitative estimate of drug-likeness (QED) is 0.348. The average Bonchev–Trinajstić information content (AvgIpc) is 2.74.